The zero-order chi connectivity index (χ0) is 30.6. The van der Waals surface area contributed by atoms with Gasteiger partial charge in [-0.2, -0.15) is 5.10 Å². The molecule has 0 saturated carbocycles. The van der Waals surface area contributed by atoms with E-state index < -0.39 is 0 Å². The number of hydrogen-bond acceptors (Lipinski definition) is 2. The minimum Gasteiger partial charge on any atom is -0.317 e. The first-order valence-electron chi connectivity index (χ1n) is 15.0. The van der Waals surface area contributed by atoms with Crippen molar-refractivity contribution in [1.29, 1.82) is 0 Å². The van der Waals surface area contributed by atoms with Gasteiger partial charge in [0.1, 0.15) is 0 Å². The van der Waals surface area contributed by atoms with Crippen molar-refractivity contribution in [3.63, 3.8) is 0 Å². The Morgan fingerprint density at radius 2 is 1.34 bits per heavy atom. The second-order valence-corrected chi connectivity index (χ2v) is 11.0. The van der Waals surface area contributed by atoms with E-state index in [-0.39, 0.29) is 5.91 Å². The summed E-state index contributed by atoms with van der Waals surface area (Å²) in [6, 6.07) is 41.2. The molecule has 0 radical (unpaired) electrons. The van der Waals surface area contributed by atoms with E-state index in [4.69, 9.17) is 0 Å². The molecule has 0 aliphatic rings. The fraction of sp³-hybridized carbons (Fsp3) is 0.128. The lowest BCUT2D eigenvalue weighted by Gasteiger charge is -2.17. The molecule has 44 heavy (non-hydrogen) atoms. The van der Waals surface area contributed by atoms with Crippen LogP contribution in [0.5, 0.6) is 0 Å². The summed E-state index contributed by atoms with van der Waals surface area (Å²) in [7, 11) is 0. The van der Waals surface area contributed by atoms with E-state index in [0.717, 1.165) is 51.6 Å². The molecule has 4 aromatic carbocycles. The number of carbonyl (C=O) groups is 1. The molecule has 0 atom stereocenters. The van der Waals surface area contributed by atoms with Crippen LogP contribution in [0.1, 0.15) is 45.4 Å². The normalized spacial score (nSPS) is 11.3. The minimum absolute atomic E-state index is 0.257. The summed E-state index contributed by atoms with van der Waals surface area (Å²) in [5.74, 6) is -0.257. The molecule has 0 aliphatic carbocycles. The molecule has 218 valence electrons. The van der Waals surface area contributed by atoms with Crippen LogP contribution in [0.4, 0.5) is 0 Å². The largest absolute Gasteiger partial charge is 0.317 e. The fourth-order valence-corrected chi connectivity index (χ4v) is 5.96. The molecule has 5 heteroatoms. The number of benzene rings is 4. The Kier molecular flexibility index (Phi) is 8.11. The molecule has 2 heterocycles. The van der Waals surface area contributed by atoms with E-state index in [9.17, 15) is 4.79 Å². The highest BCUT2D eigenvalue weighted by atomic mass is 16.2. The first kappa shape index (κ1) is 28.7. The van der Waals surface area contributed by atoms with Gasteiger partial charge in [-0.3, -0.25) is 4.79 Å². The maximum atomic E-state index is 13.1. The van der Waals surface area contributed by atoms with E-state index in [1.54, 1.807) is 6.21 Å². The number of aromatic nitrogens is 2. The lowest BCUT2D eigenvalue weighted by atomic mass is 10.1. The second-order valence-electron chi connectivity index (χ2n) is 11.0. The van der Waals surface area contributed by atoms with Crippen molar-refractivity contribution in [2.45, 2.75) is 34.1 Å². The van der Waals surface area contributed by atoms with Gasteiger partial charge in [0.2, 0.25) is 0 Å². The number of nitrogens with zero attached hydrogens (tertiary/aromatic N) is 3. The standard InChI is InChI=1S/C39H36N4O/c1-5-30-18-12-13-27(2)38(30)42-28(3)25-34(29(42)4)26-40-41-39(44)33-19-21-35(22-20-33)43-36(31-14-8-6-9-15-31)23-24-37(43)32-16-10-7-11-17-32/h6-26H,5H2,1-4H3,(H,41,44)/b40-26-. The third-order valence-electron chi connectivity index (χ3n) is 8.17. The first-order valence-corrected chi connectivity index (χ1v) is 15.0. The number of carbonyl (C=O) groups excluding carboxylic acids is 1. The third-order valence-corrected chi connectivity index (χ3v) is 8.17. The number of hydrogen-bond donors (Lipinski definition) is 1. The van der Waals surface area contributed by atoms with E-state index >= 15 is 0 Å². The highest BCUT2D eigenvalue weighted by Gasteiger charge is 2.16. The summed E-state index contributed by atoms with van der Waals surface area (Å²) < 4.78 is 4.52. The van der Waals surface area contributed by atoms with Crippen LogP contribution >= 0.6 is 0 Å². The molecule has 0 unspecified atom stereocenters. The van der Waals surface area contributed by atoms with Crippen molar-refractivity contribution < 1.29 is 4.79 Å². The molecule has 0 aliphatic heterocycles. The van der Waals surface area contributed by atoms with Crippen molar-refractivity contribution in [1.82, 2.24) is 14.6 Å². The monoisotopic (exact) mass is 576 g/mol. The number of nitrogens with one attached hydrogen (secondary N) is 1. The third kappa shape index (κ3) is 5.52. The van der Waals surface area contributed by atoms with E-state index in [0.29, 0.717) is 5.56 Å². The predicted molar refractivity (Wildman–Crippen MR) is 181 cm³/mol. The molecular weight excluding hydrogens is 540 g/mol. The van der Waals surface area contributed by atoms with Crippen molar-refractivity contribution in [3.05, 3.63) is 155 Å². The molecule has 5 nitrogen and oxygen atoms in total. The average molecular weight is 577 g/mol. The van der Waals surface area contributed by atoms with Crippen LogP contribution in [-0.4, -0.2) is 21.3 Å². The Bertz CT molecular complexity index is 1890. The first-order chi connectivity index (χ1) is 21.5. The smallest absolute Gasteiger partial charge is 0.271 e. The van der Waals surface area contributed by atoms with Gasteiger partial charge in [-0.1, -0.05) is 85.8 Å². The lowest BCUT2D eigenvalue weighted by molar-refractivity contribution is 0.0955. The van der Waals surface area contributed by atoms with Gasteiger partial charge < -0.3 is 9.13 Å². The Morgan fingerprint density at radius 1 is 0.727 bits per heavy atom. The molecule has 0 bridgehead atoms. The van der Waals surface area contributed by atoms with Crippen LogP contribution < -0.4 is 5.43 Å². The number of amides is 1. The summed E-state index contributed by atoms with van der Waals surface area (Å²) in [5, 5.41) is 4.33. The summed E-state index contributed by atoms with van der Waals surface area (Å²) in [5.41, 5.74) is 15.6. The molecule has 0 spiro atoms. The highest BCUT2D eigenvalue weighted by molar-refractivity contribution is 5.95. The molecule has 0 fully saturated rings. The van der Waals surface area contributed by atoms with Gasteiger partial charge in [0.15, 0.2) is 0 Å². The number of para-hydroxylation sites is 1. The summed E-state index contributed by atoms with van der Waals surface area (Å²) in [4.78, 5) is 13.1. The lowest BCUT2D eigenvalue weighted by Crippen LogP contribution is -2.17. The average Bonchev–Trinajstić information content (AvgIpc) is 3.62. The second kappa shape index (κ2) is 12.4. The Labute approximate surface area is 259 Å². The summed E-state index contributed by atoms with van der Waals surface area (Å²) in [6.45, 7) is 8.52. The van der Waals surface area contributed by atoms with Crippen LogP contribution in [0, 0.1) is 20.8 Å². The summed E-state index contributed by atoms with van der Waals surface area (Å²) in [6.07, 6.45) is 2.69. The van der Waals surface area contributed by atoms with Gasteiger partial charge in [0.05, 0.1) is 23.3 Å². The SMILES string of the molecule is CCc1cccc(C)c1-n1c(C)cc(/C=N\NC(=O)c2ccc(-n3c(-c4ccccc4)ccc3-c3ccccc3)cc2)c1C. The Balaban J connectivity index is 1.24. The molecule has 6 rings (SSSR count). The van der Waals surface area contributed by atoms with Crippen LogP contribution in [0.3, 0.4) is 0 Å². The van der Waals surface area contributed by atoms with Gasteiger partial charge in [-0.15, -0.1) is 0 Å². The quantitative estimate of drug-likeness (QED) is 0.143. The summed E-state index contributed by atoms with van der Waals surface area (Å²) >= 11 is 0. The van der Waals surface area contributed by atoms with Crippen molar-refractivity contribution in [2.24, 2.45) is 5.10 Å². The fourth-order valence-electron chi connectivity index (χ4n) is 5.96. The van der Waals surface area contributed by atoms with Gasteiger partial charge in [0, 0.05) is 28.2 Å². The minimum atomic E-state index is -0.257. The maximum Gasteiger partial charge on any atom is 0.271 e. The van der Waals surface area contributed by atoms with Crippen molar-refractivity contribution in [2.75, 3.05) is 0 Å². The number of rotatable bonds is 8. The topological polar surface area (TPSA) is 51.3 Å². The Morgan fingerprint density at radius 3 is 1.93 bits per heavy atom. The van der Waals surface area contributed by atoms with Crippen LogP contribution in [0.2, 0.25) is 0 Å². The Hall–Kier alpha value is -5.42. The van der Waals surface area contributed by atoms with Crippen LogP contribution in [0.15, 0.2) is 126 Å². The molecular formula is C39H36N4O. The van der Waals surface area contributed by atoms with Crippen LogP contribution in [0.25, 0.3) is 33.9 Å². The van der Waals surface area contributed by atoms with E-state index in [1.807, 2.05) is 60.7 Å². The number of aryl methyl sites for hydroxylation is 3. The van der Waals surface area contributed by atoms with Gasteiger partial charge in [-0.25, -0.2) is 5.43 Å². The maximum absolute atomic E-state index is 13.1. The molecule has 2 aromatic heterocycles. The van der Waals surface area contributed by atoms with Gasteiger partial charge >= 0.3 is 0 Å². The predicted octanol–water partition coefficient (Wildman–Crippen LogP) is 8.85. The molecule has 6 aromatic rings. The van der Waals surface area contributed by atoms with Gasteiger partial charge in [0.25, 0.3) is 5.91 Å². The van der Waals surface area contributed by atoms with E-state index in [1.165, 1.54) is 16.8 Å². The highest BCUT2D eigenvalue weighted by Crippen LogP contribution is 2.32. The van der Waals surface area contributed by atoms with Crippen molar-refractivity contribution in [3.8, 4) is 33.9 Å². The zero-order valence-electron chi connectivity index (χ0n) is 25.6. The molecule has 0 saturated heterocycles. The molecule has 1 amide bonds. The van der Waals surface area contributed by atoms with Crippen LogP contribution in [-0.2, 0) is 6.42 Å². The number of hydrazone groups is 1. The van der Waals surface area contributed by atoms with Gasteiger partial charge in [-0.05, 0) is 91.9 Å². The van der Waals surface area contributed by atoms with E-state index in [2.05, 4.69) is 108 Å². The van der Waals surface area contributed by atoms with Crippen molar-refractivity contribution >= 4 is 12.1 Å². The molecule has 1 N–H and O–H groups in total. The zero-order valence-corrected chi connectivity index (χ0v) is 25.6.